The molecule has 2 aromatic rings. The van der Waals surface area contributed by atoms with Crippen molar-refractivity contribution in [2.24, 2.45) is 7.05 Å². The Labute approximate surface area is 124 Å². The first-order chi connectivity index (χ1) is 9.89. The second-order valence-corrected chi connectivity index (χ2v) is 6.47. The fourth-order valence-electron chi connectivity index (χ4n) is 2.20. The quantitative estimate of drug-likeness (QED) is 0.878. The molecule has 0 bridgehead atoms. The third-order valence-corrected chi connectivity index (χ3v) is 4.85. The zero-order valence-corrected chi connectivity index (χ0v) is 13.1. The Morgan fingerprint density at radius 2 is 2.10 bits per heavy atom. The van der Waals surface area contributed by atoms with E-state index in [-0.39, 0.29) is 11.5 Å². The van der Waals surface area contributed by atoms with Gasteiger partial charge in [0.05, 0.1) is 22.9 Å². The van der Waals surface area contributed by atoms with Crippen LogP contribution in [0.4, 0.5) is 5.69 Å². The van der Waals surface area contributed by atoms with Gasteiger partial charge in [0.15, 0.2) is 0 Å². The van der Waals surface area contributed by atoms with Crippen LogP contribution in [-0.2, 0) is 30.1 Å². The Morgan fingerprint density at radius 3 is 2.71 bits per heavy atom. The third kappa shape index (κ3) is 3.08. The van der Waals surface area contributed by atoms with Crippen molar-refractivity contribution >= 4 is 15.7 Å². The fraction of sp³-hybridized carbons (Fsp3) is 0.357. The molecule has 0 spiro atoms. The zero-order chi connectivity index (χ0) is 15.6. The van der Waals surface area contributed by atoms with Crippen LogP contribution in [0.15, 0.2) is 29.3 Å². The molecule has 114 valence electrons. The molecular weight excluding hydrogens is 290 g/mol. The van der Waals surface area contributed by atoms with E-state index in [1.165, 1.54) is 6.07 Å². The number of anilines is 1. The average molecular weight is 309 g/mol. The minimum absolute atomic E-state index is 0.167. The number of aryl methyl sites for hydroxylation is 2. The maximum atomic E-state index is 12.5. The summed E-state index contributed by atoms with van der Waals surface area (Å²) in [5.74, 6) is 0. The van der Waals surface area contributed by atoms with Gasteiger partial charge in [0.2, 0.25) is 0 Å². The van der Waals surface area contributed by atoms with Crippen molar-refractivity contribution in [1.29, 1.82) is 0 Å². The highest BCUT2D eigenvalue weighted by atomic mass is 32.2. The van der Waals surface area contributed by atoms with E-state index in [0.717, 1.165) is 0 Å². The molecule has 7 heteroatoms. The van der Waals surface area contributed by atoms with Crippen molar-refractivity contribution in [2.75, 3.05) is 4.72 Å². The van der Waals surface area contributed by atoms with Gasteiger partial charge in [0, 0.05) is 13.2 Å². The molecule has 0 aliphatic heterocycles. The van der Waals surface area contributed by atoms with Crippen molar-refractivity contribution < 1.29 is 13.5 Å². The smallest absolute Gasteiger partial charge is 0.262 e. The summed E-state index contributed by atoms with van der Waals surface area (Å²) in [7, 11) is -1.97. The monoisotopic (exact) mass is 309 g/mol. The summed E-state index contributed by atoms with van der Waals surface area (Å²) in [5.41, 5.74) is 2.32. The third-order valence-electron chi connectivity index (χ3n) is 3.34. The lowest BCUT2D eigenvalue weighted by Gasteiger charge is -2.12. The van der Waals surface area contributed by atoms with Crippen LogP contribution in [0.3, 0.4) is 0 Å². The number of aliphatic hydroxyl groups excluding tert-OH is 1. The molecule has 0 fully saturated rings. The van der Waals surface area contributed by atoms with E-state index in [2.05, 4.69) is 9.82 Å². The number of rotatable bonds is 5. The number of aromatic nitrogens is 2. The van der Waals surface area contributed by atoms with Gasteiger partial charge in [-0.3, -0.25) is 9.40 Å². The Balaban J connectivity index is 2.43. The molecule has 2 rings (SSSR count). The van der Waals surface area contributed by atoms with Crippen LogP contribution >= 0.6 is 0 Å². The lowest BCUT2D eigenvalue weighted by molar-refractivity contribution is 0.280. The molecule has 0 saturated heterocycles. The van der Waals surface area contributed by atoms with Crippen molar-refractivity contribution in [2.45, 2.75) is 31.8 Å². The number of sulfonamides is 1. The molecule has 0 unspecified atom stereocenters. The molecule has 0 saturated carbocycles. The molecule has 1 aromatic heterocycles. The van der Waals surface area contributed by atoms with Crippen LogP contribution in [0.1, 0.15) is 23.7 Å². The van der Waals surface area contributed by atoms with Crippen LogP contribution in [0.25, 0.3) is 0 Å². The normalized spacial score (nSPS) is 11.6. The highest BCUT2D eigenvalue weighted by Gasteiger charge is 2.20. The average Bonchev–Trinajstić information content (AvgIpc) is 2.78. The molecule has 0 aliphatic rings. The number of hydrogen-bond acceptors (Lipinski definition) is 4. The van der Waals surface area contributed by atoms with Crippen LogP contribution in [0.2, 0.25) is 0 Å². The van der Waals surface area contributed by atoms with E-state index < -0.39 is 10.0 Å². The van der Waals surface area contributed by atoms with Crippen LogP contribution in [-0.4, -0.2) is 23.3 Å². The SMILES string of the molecule is CCc1nn(C)cc1NS(=O)(=O)c1cccc(CO)c1C. The predicted octanol–water partition coefficient (Wildman–Crippen LogP) is 1.58. The van der Waals surface area contributed by atoms with E-state index in [1.54, 1.807) is 37.0 Å². The van der Waals surface area contributed by atoms with Crippen molar-refractivity contribution in [3.05, 3.63) is 41.2 Å². The van der Waals surface area contributed by atoms with Gasteiger partial charge in [-0.25, -0.2) is 8.42 Å². The van der Waals surface area contributed by atoms with Crippen LogP contribution < -0.4 is 4.72 Å². The number of aliphatic hydroxyl groups is 1. The number of hydrogen-bond donors (Lipinski definition) is 2. The fourth-order valence-corrected chi connectivity index (χ4v) is 3.56. The minimum atomic E-state index is -3.71. The molecule has 21 heavy (non-hydrogen) atoms. The summed E-state index contributed by atoms with van der Waals surface area (Å²) in [6.45, 7) is 3.41. The summed E-state index contributed by atoms with van der Waals surface area (Å²) in [6, 6.07) is 4.85. The Morgan fingerprint density at radius 1 is 1.38 bits per heavy atom. The Hall–Kier alpha value is -1.86. The van der Waals surface area contributed by atoms with E-state index in [0.29, 0.717) is 28.9 Å². The first-order valence-electron chi connectivity index (χ1n) is 6.63. The second-order valence-electron chi connectivity index (χ2n) is 4.82. The number of nitrogens with zero attached hydrogens (tertiary/aromatic N) is 2. The van der Waals surface area contributed by atoms with Gasteiger partial charge in [0.25, 0.3) is 10.0 Å². The van der Waals surface area contributed by atoms with Gasteiger partial charge in [0.1, 0.15) is 0 Å². The Kier molecular flexibility index (Phi) is 4.34. The number of benzene rings is 1. The predicted molar refractivity (Wildman–Crippen MR) is 80.5 cm³/mol. The molecule has 6 nitrogen and oxygen atoms in total. The summed E-state index contributed by atoms with van der Waals surface area (Å²) in [5, 5.41) is 13.5. The van der Waals surface area contributed by atoms with Crippen LogP contribution in [0.5, 0.6) is 0 Å². The zero-order valence-electron chi connectivity index (χ0n) is 12.3. The molecule has 0 amide bonds. The summed E-state index contributed by atoms with van der Waals surface area (Å²) in [4.78, 5) is 0.167. The van der Waals surface area contributed by atoms with E-state index in [1.807, 2.05) is 6.92 Å². The largest absolute Gasteiger partial charge is 0.392 e. The van der Waals surface area contributed by atoms with Gasteiger partial charge in [-0.15, -0.1) is 0 Å². The van der Waals surface area contributed by atoms with Gasteiger partial charge in [-0.2, -0.15) is 5.10 Å². The Bertz CT molecular complexity index is 751. The number of nitrogens with one attached hydrogen (secondary N) is 1. The van der Waals surface area contributed by atoms with Gasteiger partial charge < -0.3 is 5.11 Å². The lowest BCUT2D eigenvalue weighted by Crippen LogP contribution is -2.15. The maximum absolute atomic E-state index is 12.5. The topological polar surface area (TPSA) is 84.2 Å². The maximum Gasteiger partial charge on any atom is 0.262 e. The molecule has 0 aliphatic carbocycles. The van der Waals surface area contributed by atoms with E-state index in [9.17, 15) is 13.5 Å². The minimum Gasteiger partial charge on any atom is -0.392 e. The van der Waals surface area contributed by atoms with Gasteiger partial charge in [-0.1, -0.05) is 19.1 Å². The molecule has 1 heterocycles. The molecule has 0 atom stereocenters. The first-order valence-corrected chi connectivity index (χ1v) is 8.12. The summed E-state index contributed by atoms with van der Waals surface area (Å²) in [6.07, 6.45) is 2.27. The summed E-state index contributed by atoms with van der Waals surface area (Å²) >= 11 is 0. The van der Waals surface area contributed by atoms with Crippen LogP contribution in [0, 0.1) is 6.92 Å². The molecular formula is C14H19N3O3S. The van der Waals surface area contributed by atoms with Gasteiger partial charge in [-0.05, 0) is 30.5 Å². The molecule has 0 radical (unpaired) electrons. The van der Waals surface area contributed by atoms with Crippen molar-refractivity contribution in [3.8, 4) is 0 Å². The van der Waals surface area contributed by atoms with Crippen molar-refractivity contribution in [1.82, 2.24) is 9.78 Å². The summed E-state index contributed by atoms with van der Waals surface area (Å²) < 4.78 is 29.2. The standard InChI is InChI=1S/C14H19N3O3S/c1-4-12-13(8-17(3)15-12)16-21(19,20)14-7-5-6-11(9-18)10(14)2/h5-8,16,18H,4,9H2,1-3H3. The van der Waals surface area contributed by atoms with E-state index >= 15 is 0 Å². The molecule has 2 N–H and O–H groups in total. The first kappa shape index (κ1) is 15.5. The highest BCUT2D eigenvalue weighted by Crippen LogP contribution is 2.23. The van der Waals surface area contributed by atoms with Gasteiger partial charge >= 0.3 is 0 Å². The van der Waals surface area contributed by atoms with Crippen molar-refractivity contribution in [3.63, 3.8) is 0 Å². The lowest BCUT2D eigenvalue weighted by atomic mass is 10.1. The highest BCUT2D eigenvalue weighted by molar-refractivity contribution is 7.92. The van der Waals surface area contributed by atoms with E-state index in [4.69, 9.17) is 0 Å². The second kappa shape index (κ2) is 5.87. The molecule has 1 aromatic carbocycles.